The number of rotatable bonds is 6. The molecular weight excluding hydrogens is 234 g/mol. The molecule has 0 saturated carbocycles. The highest BCUT2D eigenvalue weighted by atomic mass is 32.1. The number of thiophene rings is 1. The second kappa shape index (κ2) is 5.90. The smallest absolute Gasteiger partial charge is 0.0766 e. The van der Waals surface area contributed by atoms with Crippen LogP contribution in [0.2, 0.25) is 0 Å². The fraction of sp³-hybridized carbons (Fsp3) is 0.455. The molecule has 0 radical (unpaired) electrons. The highest BCUT2D eigenvalue weighted by Crippen LogP contribution is 2.19. The number of aryl methyl sites for hydroxylation is 2. The molecule has 3 N–H and O–H groups in total. The van der Waals surface area contributed by atoms with Crippen molar-refractivity contribution in [1.82, 2.24) is 20.4 Å². The van der Waals surface area contributed by atoms with Crippen LogP contribution in [0.3, 0.4) is 0 Å². The molecule has 0 bridgehead atoms. The van der Waals surface area contributed by atoms with Crippen LogP contribution in [0.1, 0.15) is 29.5 Å². The van der Waals surface area contributed by atoms with Gasteiger partial charge in [-0.3, -0.25) is 16.0 Å². The molecule has 0 aliphatic carbocycles. The molecule has 0 aliphatic heterocycles. The Kier molecular flexibility index (Phi) is 4.24. The highest BCUT2D eigenvalue weighted by Gasteiger charge is 2.13. The zero-order valence-electron chi connectivity index (χ0n) is 9.84. The molecule has 5 nitrogen and oxygen atoms in total. The van der Waals surface area contributed by atoms with E-state index >= 15 is 0 Å². The number of nitrogens with zero attached hydrogens (tertiary/aromatic N) is 3. The van der Waals surface area contributed by atoms with Gasteiger partial charge in [0.05, 0.1) is 17.9 Å². The van der Waals surface area contributed by atoms with Crippen LogP contribution in [0.4, 0.5) is 0 Å². The van der Waals surface area contributed by atoms with Crippen molar-refractivity contribution in [2.75, 3.05) is 0 Å². The summed E-state index contributed by atoms with van der Waals surface area (Å²) >= 11 is 1.80. The maximum Gasteiger partial charge on any atom is 0.0766 e. The summed E-state index contributed by atoms with van der Waals surface area (Å²) < 4.78 is 1.76. The molecule has 0 amide bonds. The molecule has 6 heteroatoms. The van der Waals surface area contributed by atoms with Crippen molar-refractivity contribution in [3.05, 3.63) is 34.3 Å². The van der Waals surface area contributed by atoms with E-state index < -0.39 is 0 Å². The number of hydrogen-bond donors (Lipinski definition) is 2. The topological polar surface area (TPSA) is 68.8 Å². The molecule has 92 valence electrons. The Morgan fingerprint density at radius 1 is 1.59 bits per heavy atom. The molecule has 1 unspecified atom stereocenters. The lowest BCUT2D eigenvalue weighted by Crippen LogP contribution is -2.29. The first-order valence-electron chi connectivity index (χ1n) is 5.64. The molecule has 2 rings (SSSR count). The van der Waals surface area contributed by atoms with Crippen LogP contribution in [0.25, 0.3) is 0 Å². The van der Waals surface area contributed by atoms with Crippen LogP contribution >= 0.6 is 11.3 Å². The fourth-order valence-electron chi connectivity index (χ4n) is 1.86. The van der Waals surface area contributed by atoms with Gasteiger partial charge in [-0.25, -0.2) is 0 Å². The van der Waals surface area contributed by atoms with Crippen LogP contribution in [-0.4, -0.2) is 15.0 Å². The monoisotopic (exact) mass is 251 g/mol. The second-order valence-electron chi connectivity index (χ2n) is 3.97. The Morgan fingerprint density at radius 3 is 3.06 bits per heavy atom. The van der Waals surface area contributed by atoms with Gasteiger partial charge in [-0.05, 0) is 30.7 Å². The number of nitrogens with one attached hydrogen (secondary N) is 1. The largest absolute Gasteiger partial charge is 0.271 e. The van der Waals surface area contributed by atoms with Gasteiger partial charge < -0.3 is 0 Å². The normalized spacial score (nSPS) is 12.8. The van der Waals surface area contributed by atoms with Gasteiger partial charge in [-0.15, -0.1) is 16.4 Å². The number of hydrazine groups is 1. The van der Waals surface area contributed by atoms with Gasteiger partial charge in [0.1, 0.15) is 0 Å². The molecule has 0 fully saturated rings. The average molecular weight is 251 g/mol. The van der Waals surface area contributed by atoms with Crippen LogP contribution in [-0.2, 0) is 13.5 Å². The Balaban J connectivity index is 1.86. The Morgan fingerprint density at radius 2 is 2.47 bits per heavy atom. The van der Waals surface area contributed by atoms with E-state index in [1.165, 1.54) is 4.88 Å². The SMILES string of the molecule is Cn1nncc1C(CCCc1cccs1)NN. The van der Waals surface area contributed by atoms with E-state index in [1.54, 1.807) is 22.2 Å². The molecule has 0 aliphatic rings. The predicted molar refractivity (Wildman–Crippen MR) is 68.3 cm³/mol. The van der Waals surface area contributed by atoms with E-state index in [0.717, 1.165) is 25.0 Å². The van der Waals surface area contributed by atoms with E-state index in [2.05, 4.69) is 33.3 Å². The zero-order valence-corrected chi connectivity index (χ0v) is 10.7. The number of hydrogen-bond acceptors (Lipinski definition) is 5. The van der Waals surface area contributed by atoms with Crippen molar-refractivity contribution < 1.29 is 0 Å². The van der Waals surface area contributed by atoms with Crippen molar-refractivity contribution in [2.45, 2.75) is 25.3 Å². The van der Waals surface area contributed by atoms with Crippen molar-refractivity contribution in [1.29, 1.82) is 0 Å². The Labute approximate surface area is 105 Å². The van der Waals surface area contributed by atoms with Gasteiger partial charge in [0.2, 0.25) is 0 Å². The Hall–Kier alpha value is -1.24. The van der Waals surface area contributed by atoms with Crippen LogP contribution in [0, 0.1) is 0 Å². The molecule has 0 aromatic carbocycles. The third kappa shape index (κ3) is 3.12. The summed E-state index contributed by atoms with van der Waals surface area (Å²) in [6, 6.07) is 4.38. The van der Waals surface area contributed by atoms with E-state index in [-0.39, 0.29) is 6.04 Å². The third-order valence-corrected chi connectivity index (χ3v) is 3.74. The minimum absolute atomic E-state index is 0.120. The maximum atomic E-state index is 5.58. The molecule has 2 aromatic heterocycles. The van der Waals surface area contributed by atoms with Crippen molar-refractivity contribution in [2.24, 2.45) is 12.9 Å². The molecule has 0 saturated heterocycles. The van der Waals surface area contributed by atoms with Crippen LogP contribution in [0.15, 0.2) is 23.7 Å². The highest BCUT2D eigenvalue weighted by molar-refractivity contribution is 7.09. The van der Waals surface area contributed by atoms with Gasteiger partial charge in [0, 0.05) is 11.9 Å². The second-order valence-corrected chi connectivity index (χ2v) is 5.01. The quantitative estimate of drug-likeness (QED) is 0.601. The zero-order chi connectivity index (χ0) is 12.1. The Bertz CT molecular complexity index is 436. The van der Waals surface area contributed by atoms with E-state index in [1.807, 2.05) is 7.05 Å². The summed E-state index contributed by atoms with van der Waals surface area (Å²) in [7, 11) is 1.88. The first-order valence-corrected chi connectivity index (χ1v) is 6.52. The molecule has 17 heavy (non-hydrogen) atoms. The standard InChI is InChI=1S/C11H17N5S/c1-16-11(8-13-15-16)10(14-12)6-2-4-9-5-3-7-17-9/h3,5,7-8,10,14H,2,4,6,12H2,1H3. The van der Waals surface area contributed by atoms with Gasteiger partial charge >= 0.3 is 0 Å². The van der Waals surface area contributed by atoms with Crippen molar-refractivity contribution in [3.63, 3.8) is 0 Å². The lowest BCUT2D eigenvalue weighted by Gasteiger charge is -2.14. The summed E-state index contributed by atoms with van der Waals surface area (Å²) in [5.74, 6) is 5.58. The van der Waals surface area contributed by atoms with E-state index in [9.17, 15) is 0 Å². The van der Waals surface area contributed by atoms with Gasteiger partial charge in [-0.2, -0.15) is 0 Å². The fourth-order valence-corrected chi connectivity index (χ4v) is 2.62. The lowest BCUT2D eigenvalue weighted by atomic mass is 10.1. The van der Waals surface area contributed by atoms with Crippen LogP contribution < -0.4 is 11.3 Å². The maximum absolute atomic E-state index is 5.58. The summed E-state index contributed by atoms with van der Waals surface area (Å²) in [6.07, 6.45) is 4.94. The summed E-state index contributed by atoms with van der Waals surface area (Å²) in [5, 5.41) is 9.89. The predicted octanol–water partition coefficient (Wildman–Crippen LogP) is 1.40. The minimum atomic E-state index is 0.120. The minimum Gasteiger partial charge on any atom is -0.271 e. The molecular formula is C11H17N5S. The summed E-state index contributed by atoms with van der Waals surface area (Å²) in [4.78, 5) is 1.42. The lowest BCUT2D eigenvalue weighted by molar-refractivity contribution is 0.467. The van der Waals surface area contributed by atoms with Gasteiger partial charge in [-0.1, -0.05) is 11.3 Å². The first-order chi connectivity index (χ1) is 8.31. The number of aromatic nitrogens is 3. The van der Waals surface area contributed by atoms with Crippen LogP contribution in [0.5, 0.6) is 0 Å². The van der Waals surface area contributed by atoms with Gasteiger partial charge in [0.15, 0.2) is 0 Å². The third-order valence-electron chi connectivity index (χ3n) is 2.80. The molecule has 1 atom stereocenters. The molecule has 2 aromatic rings. The summed E-state index contributed by atoms with van der Waals surface area (Å²) in [5.41, 5.74) is 3.85. The first kappa shape index (κ1) is 12.2. The van der Waals surface area contributed by atoms with E-state index in [0.29, 0.717) is 0 Å². The summed E-state index contributed by atoms with van der Waals surface area (Å²) in [6.45, 7) is 0. The average Bonchev–Trinajstić information content (AvgIpc) is 2.96. The van der Waals surface area contributed by atoms with Gasteiger partial charge in [0.25, 0.3) is 0 Å². The number of nitrogens with two attached hydrogens (primary N) is 1. The van der Waals surface area contributed by atoms with Crippen molar-refractivity contribution >= 4 is 11.3 Å². The molecule has 0 spiro atoms. The van der Waals surface area contributed by atoms with E-state index in [4.69, 9.17) is 5.84 Å². The van der Waals surface area contributed by atoms with Crippen molar-refractivity contribution in [3.8, 4) is 0 Å². The molecule has 2 heterocycles.